The van der Waals surface area contributed by atoms with Crippen LogP contribution >= 0.6 is 0 Å². The third kappa shape index (κ3) is 5.10. The van der Waals surface area contributed by atoms with E-state index in [4.69, 9.17) is 18.6 Å². The Balaban J connectivity index is 1.49. The van der Waals surface area contributed by atoms with E-state index in [1.807, 2.05) is 31.2 Å². The average molecular weight is 368 g/mol. The Hall–Kier alpha value is -3.28. The van der Waals surface area contributed by atoms with Crippen molar-refractivity contribution in [2.45, 2.75) is 19.8 Å². The predicted molar refractivity (Wildman–Crippen MR) is 100 cm³/mol. The van der Waals surface area contributed by atoms with Crippen molar-refractivity contribution in [1.29, 1.82) is 0 Å². The molecule has 0 unspecified atom stereocenters. The van der Waals surface area contributed by atoms with Gasteiger partial charge in [-0.1, -0.05) is 12.1 Å². The molecule has 0 aliphatic heterocycles. The summed E-state index contributed by atoms with van der Waals surface area (Å²) in [6.45, 7) is 2.83. The van der Waals surface area contributed by atoms with Gasteiger partial charge in [0.2, 0.25) is 0 Å². The van der Waals surface area contributed by atoms with E-state index in [9.17, 15) is 9.59 Å². The second-order valence-corrected chi connectivity index (χ2v) is 5.76. The summed E-state index contributed by atoms with van der Waals surface area (Å²) in [7, 11) is 0. The van der Waals surface area contributed by atoms with Crippen LogP contribution < -0.4 is 19.8 Å². The molecule has 0 aliphatic rings. The normalized spacial score (nSPS) is 10.6. The van der Waals surface area contributed by atoms with Crippen molar-refractivity contribution >= 4 is 16.9 Å². The number of carbonyl (C=O) groups excluding carboxylic acids is 1. The molecule has 0 radical (unpaired) electrons. The van der Waals surface area contributed by atoms with Crippen LogP contribution in [0.5, 0.6) is 17.2 Å². The zero-order valence-electron chi connectivity index (χ0n) is 15.0. The molecule has 0 amide bonds. The summed E-state index contributed by atoms with van der Waals surface area (Å²) in [6, 6.07) is 15.3. The van der Waals surface area contributed by atoms with Gasteiger partial charge in [0.15, 0.2) is 11.5 Å². The molecule has 0 spiro atoms. The van der Waals surface area contributed by atoms with E-state index in [-0.39, 0.29) is 12.4 Å². The lowest BCUT2D eigenvalue weighted by Gasteiger charge is -2.11. The second-order valence-electron chi connectivity index (χ2n) is 5.76. The molecule has 0 atom stereocenters. The van der Waals surface area contributed by atoms with Gasteiger partial charge in [0, 0.05) is 23.9 Å². The van der Waals surface area contributed by atoms with E-state index < -0.39 is 5.63 Å². The summed E-state index contributed by atoms with van der Waals surface area (Å²) >= 11 is 0. The lowest BCUT2D eigenvalue weighted by molar-refractivity contribution is -0.134. The Morgan fingerprint density at radius 2 is 1.74 bits per heavy atom. The Labute approximate surface area is 156 Å². The van der Waals surface area contributed by atoms with Crippen molar-refractivity contribution in [1.82, 2.24) is 0 Å². The van der Waals surface area contributed by atoms with Gasteiger partial charge in [-0.25, -0.2) is 4.79 Å². The number of hydrogen-bond donors (Lipinski definition) is 0. The number of fused-ring (bicyclic) bond motifs is 1. The van der Waals surface area contributed by atoms with E-state index in [0.717, 1.165) is 5.39 Å². The summed E-state index contributed by atoms with van der Waals surface area (Å²) in [5.41, 5.74) is -0.0703. The summed E-state index contributed by atoms with van der Waals surface area (Å²) < 4.78 is 21.5. The molecule has 2 aromatic carbocycles. The highest BCUT2D eigenvalue weighted by molar-refractivity contribution is 5.79. The van der Waals surface area contributed by atoms with Crippen molar-refractivity contribution in [3.8, 4) is 17.2 Å². The van der Waals surface area contributed by atoms with Gasteiger partial charge in [0.1, 0.15) is 11.3 Å². The maximum Gasteiger partial charge on any atom is 0.336 e. The van der Waals surface area contributed by atoms with E-state index in [1.165, 1.54) is 12.1 Å². The Bertz CT molecular complexity index is 976. The molecule has 3 rings (SSSR count). The van der Waals surface area contributed by atoms with Crippen molar-refractivity contribution < 1.29 is 23.4 Å². The van der Waals surface area contributed by atoms with Crippen LogP contribution in [0, 0.1) is 0 Å². The van der Waals surface area contributed by atoms with Gasteiger partial charge in [0.25, 0.3) is 0 Å². The molecule has 0 fully saturated rings. The molecule has 1 aromatic heterocycles. The molecule has 6 nitrogen and oxygen atoms in total. The van der Waals surface area contributed by atoms with Crippen LogP contribution in [0.25, 0.3) is 11.0 Å². The maximum atomic E-state index is 12.0. The molecule has 140 valence electrons. The molecule has 0 saturated carbocycles. The third-order valence-corrected chi connectivity index (χ3v) is 3.76. The molecule has 6 heteroatoms. The Morgan fingerprint density at radius 1 is 1.00 bits per heavy atom. The number of esters is 1. The number of ether oxygens (including phenoxy) is 3. The highest BCUT2D eigenvalue weighted by atomic mass is 16.5. The van der Waals surface area contributed by atoms with Crippen LogP contribution in [0.15, 0.2) is 63.8 Å². The minimum atomic E-state index is -0.449. The van der Waals surface area contributed by atoms with Crippen LogP contribution in [0.1, 0.15) is 19.8 Å². The van der Waals surface area contributed by atoms with Gasteiger partial charge in [-0.2, -0.15) is 0 Å². The lowest BCUT2D eigenvalue weighted by atomic mass is 10.2. The van der Waals surface area contributed by atoms with Crippen molar-refractivity contribution in [2.75, 3.05) is 13.2 Å². The van der Waals surface area contributed by atoms with Crippen LogP contribution in [0.2, 0.25) is 0 Å². The van der Waals surface area contributed by atoms with Crippen molar-refractivity contribution in [2.24, 2.45) is 0 Å². The van der Waals surface area contributed by atoms with Crippen LogP contribution in [-0.2, 0) is 4.79 Å². The van der Waals surface area contributed by atoms with Gasteiger partial charge in [0.05, 0.1) is 13.2 Å². The molecular weight excluding hydrogens is 348 g/mol. The summed E-state index contributed by atoms with van der Waals surface area (Å²) in [5, 5.41) is 0.760. The molecule has 0 N–H and O–H groups in total. The van der Waals surface area contributed by atoms with Gasteiger partial charge in [-0.3, -0.25) is 4.79 Å². The maximum absolute atomic E-state index is 12.0. The van der Waals surface area contributed by atoms with E-state index in [2.05, 4.69) is 0 Å². The number of para-hydroxylation sites is 2. The first-order chi connectivity index (χ1) is 13.2. The van der Waals surface area contributed by atoms with E-state index in [0.29, 0.717) is 42.5 Å². The van der Waals surface area contributed by atoms with Gasteiger partial charge < -0.3 is 18.6 Å². The quantitative estimate of drug-likeness (QED) is 0.259. The van der Waals surface area contributed by atoms with Gasteiger partial charge in [-0.05, 0) is 43.7 Å². The highest BCUT2D eigenvalue weighted by Crippen LogP contribution is 2.26. The SMILES string of the molecule is CCOc1ccccc1OCCCC(=O)Oc1ccc2ccc(=O)oc2c1. The zero-order valence-corrected chi connectivity index (χ0v) is 15.0. The summed E-state index contributed by atoms with van der Waals surface area (Å²) in [4.78, 5) is 23.3. The monoisotopic (exact) mass is 368 g/mol. The van der Waals surface area contributed by atoms with Gasteiger partial charge in [-0.15, -0.1) is 0 Å². The summed E-state index contributed by atoms with van der Waals surface area (Å²) in [6.07, 6.45) is 0.704. The fraction of sp³-hybridized carbons (Fsp3) is 0.238. The number of benzene rings is 2. The van der Waals surface area contributed by atoms with Crippen molar-refractivity contribution in [3.63, 3.8) is 0 Å². The first-order valence-corrected chi connectivity index (χ1v) is 8.75. The van der Waals surface area contributed by atoms with Gasteiger partial charge >= 0.3 is 11.6 Å². The molecule has 0 aliphatic carbocycles. The average Bonchev–Trinajstić information content (AvgIpc) is 2.66. The molecule has 3 aromatic rings. The number of carbonyl (C=O) groups is 1. The third-order valence-electron chi connectivity index (χ3n) is 3.76. The Kier molecular flexibility index (Phi) is 6.10. The highest BCUT2D eigenvalue weighted by Gasteiger charge is 2.08. The molecule has 1 heterocycles. The molecule has 0 bridgehead atoms. The minimum absolute atomic E-state index is 0.202. The minimum Gasteiger partial charge on any atom is -0.490 e. The second kappa shape index (κ2) is 8.89. The lowest BCUT2D eigenvalue weighted by Crippen LogP contribution is -2.10. The molecular formula is C21H20O6. The fourth-order valence-electron chi connectivity index (χ4n) is 2.53. The standard InChI is InChI=1S/C21H20O6/c1-2-24-17-6-3-4-7-18(17)25-13-5-8-20(22)26-16-11-9-15-10-12-21(23)27-19(15)14-16/h3-4,6-7,9-12,14H,2,5,8,13H2,1H3. The number of hydrogen-bond acceptors (Lipinski definition) is 6. The zero-order chi connectivity index (χ0) is 19.1. The smallest absolute Gasteiger partial charge is 0.336 e. The van der Waals surface area contributed by atoms with Crippen molar-refractivity contribution in [3.05, 3.63) is 65.0 Å². The van der Waals surface area contributed by atoms with Crippen LogP contribution in [0.4, 0.5) is 0 Å². The molecule has 0 saturated heterocycles. The molecule has 27 heavy (non-hydrogen) atoms. The van der Waals surface area contributed by atoms with Crippen LogP contribution in [0.3, 0.4) is 0 Å². The van der Waals surface area contributed by atoms with E-state index >= 15 is 0 Å². The first kappa shape index (κ1) is 18.5. The predicted octanol–water partition coefficient (Wildman–Crippen LogP) is 3.96. The largest absolute Gasteiger partial charge is 0.490 e. The summed E-state index contributed by atoms with van der Waals surface area (Å²) in [5.74, 6) is 1.29. The topological polar surface area (TPSA) is 75.0 Å². The van der Waals surface area contributed by atoms with E-state index in [1.54, 1.807) is 18.2 Å². The number of rotatable bonds is 8. The first-order valence-electron chi connectivity index (χ1n) is 8.75. The fourth-order valence-corrected chi connectivity index (χ4v) is 2.53. The van der Waals surface area contributed by atoms with Crippen LogP contribution in [-0.4, -0.2) is 19.2 Å². The Morgan fingerprint density at radius 3 is 2.52 bits per heavy atom.